The standard InChI is InChI=1S/C9H23N3.6CH6O6P2/c1-2-3-4-5-6-7-8-9(10,11)12;6*2-8(3,4)1-9(5,6)7/h2-8,10-12H2,1H3;6*1H2,(H2,2,3,4)(H2,5,6,7). The van der Waals surface area contributed by atoms with Crippen LogP contribution in [0.4, 0.5) is 0 Å². The molecule has 0 aromatic rings. The molecule has 0 aliphatic rings. The lowest BCUT2D eigenvalue weighted by atomic mass is 10.1. The molecule has 0 unspecified atom stereocenters. The normalized spacial score (nSPS) is 13.5. The fraction of sp³-hybridized carbons (Fsp3) is 1.00. The topological polar surface area (TPSA) is 768 Å². The maximum Gasteiger partial charge on any atom is 0.337 e. The van der Waals surface area contributed by atoms with Crippen LogP contribution in [0.1, 0.15) is 51.9 Å². The first-order valence-electron chi connectivity index (χ1n) is 15.7. The summed E-state index contributed by atoms with van der Waals surface area (Å²) in [6.45, 7) is 2.21. The van der Waals surface area contributed by atoms with Crippen LogP contribution in [0.25, 0.3) is 0 Å². The molecule has 0 saturated heterocycles. The lowest BCUT2D eigenvalue weighted by Crippen LogP contribution is -2.57. The van der Waals surface area contributed by atoms with Crippen LogP contribution in [0.2, 0.25) is 0 Å². The van der Waals surface area contributed by atoms with Crippen molar-refractivity contribution in [3.63, 3.8) is 0 Å². The van der Waals surface area contributed by atoms with Crippen molar-refractivity contribution >= 4 is 91.1 Å². The van der Waals surface area contributed by atoms with Crippen molar-refractivity contribution in [2.45, 2.75) is 57.7 Å². The van der Waals surface area contributed by atoms with Gasteiger partial charge in [0.15, 0.2) is 35.4 Å². The Morgan fingerprint density at radius 1 is 0.258 bits per heavy atom. The zero-order valence-corrected chi connectivity index (χ0v) is 44.2. The molecule has 39 nitrogen and oxygen atoms in total. The third-order valence-corrected chi connectivity index (χ3v) is 21.9. The van der Waals surface area contributed by atoms with Crippen LogP contribution in [0.3, 0.4) is 0 Å². The molecule has 0 amide bonds. The predicted octanol–water partition coefficient (Wildman–Crippen LogP) is -2.94. The Balaban J connectivity index is -0.000000123. The van der Waals surface area contributed by atoms with Gasteiger partial charge in [0.1, 0.15) is 5.79 Å². The number of unbranched alkanes of at least 4 members (excludes halogenated alkanes) is 5. The Morgan fingerprint density at radius 2 is 0.379 bits per heavy atom. The molecule has 0 heterocycles. The zero-order valence-electron chi connectivity index (χ0n) is 33.4. The molecule has 0 bridgehead atoms. The van der Waals surface area contributed by atoms with Gasteiger partial charge in [0.05, 0.1) is 0 Å². The van der Waals surface area contributed by atoms with Crippen molar-refractivity contribution < 1.29 is 172 Å². The minimum Gasteiger partial charge on any atom is -0.324 e. The van der Waals surface area contributed by atoms with Gasteiger partial charge < -0.3 is 135 Å². The Kier molecular flexibility index (Phi) is 41.5. The quantitative estimate of drug-likeness (QED) is 0.0350. The smallest absolute Gasteiger partial charge is 0.324 e. The van der Waals surface area contributed by atoms with Gasteiger partial charge in [0.25, 0.3) is 0 Å². The molecule has 30 N–H and O–H groups in total. The number of rotatable bonds is 19. The molecule has 0 spiro atoms. The molecule has 0 aliphatic heterocycles. The average Bonchev–Trinajstić information content (AvgIpc) is 2.79. The van der Waals surface area contributed by atoms with Crippen molar-refractivity contribution in [2.75, 3.05) is 35.4 Å². The summed E-state index contributed by atoms with van der Waals surface area (Å²) in [5.41, 5.74) is 16.3. The summed E-state index contributed by atoms with van der Waals surface area (Å²) in [6, 6.07) is 0. The molecule has 66 heavy (non-hydrogen) atoms. The summed E-state index contributed by atoms with van der Waals surface area (Å²) < 4.78 is 118. The van der Waals surface area contributed by atoms with Crippen LogP contribution in [-0.2, 0) is 54.8 Å². The maximum absolute atomic E-state index is 9.85. The summed E-state index contributed by atoms with van der Waals surface area (Å²) in [6.07, 6.45) is 8.19. The van der Waals surface area contributed by atoms with Gasteiger partial charge in [-0.25, -0.2) is 0 Å². The highest BCUT2D eigenvalue weighted by molar-refractivity contribution is 7.71. The van der Waals surface area contributed by atoms with E-state index in [0.717, 1.165) is 12.8 Å². The first kappa shape index (κ1) is 81.7. The van der Waals surface area contributed by atoms with Gasteiger partial charge in [-0.05, 0) is 12.8 Å². The Bertz CT molecular complexity index is 1490. The summed E-state index contributed by atoms with van der Waals surface area (Å²) in [4.78, 5) is 191. The fourth-order valence-electron chi connectivity index (χ4n) is 2.65. The first-order valence-corrected chi connectivity index (χ1v) is 37.3. The Hall–Kier alpha value is 1.68. The van der Waals surface area contributed by atoms with E-state index in [2.05, 4.69) is 6.92 Å². The molecule has 0 aliphatic carbocycles. The molecule has 0 saturated carbocycles. The summed E-state index contributed by atoms with van der Waals surface area (Å²) in [7, 11) is -54.6. The number of nitrogens with two attached hydrogens (primary N) is 3. The Labute approximate surface area is 373 Å². The summed E-state index contributed by atoms with van der Waals surface area (Å²) in [5.74, 6) is -9.20. The molecule has 0 radical (unpaired) electrons. The second-order valence-electron chi connectivity index (χ2n) is 12.5. The van der Waals surface area contributed by atoms with Crippen LogP contribution < -0.4 is 17.2 Å². The summed E-state index contributed by atoms with van der Waals surface area (Å²) >= 11 is 0. The second kappa shape index (κ2) is 33.5. The van der Waals surface area contributed by atoms with E-state index in [1.165, 1.54) is 32.1 Å². The molecule has 0 aromatic carbocycles. The van der Waals surface area contributed by atoms with Crippen molar-refractivity contribution in [1.82, 2.24) is 0 Å². The van der Waals surface area contributed by atoms with Crippen molar-refractivity contribution in [2.24, 2.45) is 17.2 Å². The van der Waals surface area contributed by atoms with E-state index in [0.29, 0.717) is 0 Å². The predicted molar refractivity (Wildman–Crippen MR) is 227 cm³/mol. The highest BCUT2D eigenvalue weighted by Gasteiger charge is 2.30. The SMILES string of the molecule is CCCCCCCCC(N)(N)N.O=P(O)(O)CP(=O)(O)O.O=P(O)(O)CP(=O)(O)O.O=P(O)(O)CP(=O)(O)O.O=P(O)(O)CP(=O)(O)O.O=P(O)(O)CP(=O)(O)O.O=P(O)(O)CP(=O)(O)O. The second-order valence-corrected chi connectivity index (χ2v) is 35.2. The molecular formula is C15H59N3O36P12. The Morgan fingerprint density at radius 3 is 0.470 bits per heavy atom. The van der Waals surface area contributed by atoms with Gasteiger partial charge >= 0.3 is 91.1 Å². The first-order chi connectivity index (χ1) is 27.8. The highest BCUT2D eigenvalue weighted by atomic mass is 31.3. The summed E-state index contributed by atoms with van der Waals surface area (Å²) in [5, 5.41) is 0. The molecule has 51 heteroatoms. The van der Waals surface area contributed by atoms with Gasteiger partial charge in [-0.15, -0.1) is 0 Å². The minimum atomic E-state index is -4.55. The van der Waals surface area contributed by atoms with Crippen LogP contribution in [0, 0.1) is 0 Å². The third-order valence-electron chi connectivity index (χ3n) is 4.17. The van der Waals surface area contributed by atoms with Crippen molar-refractivity contribution in [1.29, 1.82) is 0 Å². The molecule has 0 aromatic heterocycles. The van der Waals surface area contributed by atoms with Crippen LogP contribution in [0.15, 0.2) is 0 Å². The molecule has 0 atom stereocenters. The molecule has 0 fully saturated rings. The molecule has 410 valence electrons. The van der Waals surface area contributed by atoms with Crippen LogP contribution in [-0.4, -0.2) is 159 Å². The van der Waals surface area contributed by atoms with E-state index in [9.17, 15) is 54.8 Å². The van der Waals surface area contributed by atoms with E-state index in [-0.39, 0.29) is 0 Å². The number of hydrogen-bond acceptors (Lipinski definition) is 15. The maximum atomic E-state index is 9.85. The van der Waals surface area contributed by atoms with E-state index in [1.54, 1.807) is 0 Å². The van der Waals surface area contributed by atoms with Gasteiger partial charge in [0, 0.05) is 0 Å². The van der Waals surface area contributed by atoms with Crippen LogP contribution in [0.5, 0.6) is 0 Å². The van der Waals surface area contributed by atoms with Gasteiger partial charge in [0.2, 0.25) is 0 Å². The largest absolute Gasteiger partial charge is 0.337 e. The van der Waals surface area contributed by atoms with Crippen LogP contribution >= 0.6 is 91.1 Å². The van der Waals surface area contributed by atoms with E-state index < -0.39 is 132 Å². The monoisotopic (exact) mass is 1230 g/mol. The van der Waals surface area contributed by atoms with E-state index in [1.807, 2.05) is 0 Å². The highest BCUT2D eigenvalue weighted by Crippen LogP contribution is 2.55. The van der Waals surface area contributed by atoms with Gasteiger partial charge in [-0.3, -0.25) is 54.8 Å². The minimum absolute atomic E-state index is 0.721. The van der Waals surface area contributed by atoms with Gasteiger partial charge in [-0.2, -0.15) is 0 Å². The average molecular weight is 1230 g/mol. The van der Waals surface area contributed by atoms with Crippen molar-refractivity contribution in [3.8, 4) is 0 Å². The fourth-order valence-corrected chi connectivity index (χ4v) is 14.2. The number of hydrogen-bond donors (Lipinski definition) is 27. The van der Waals surface area contributed by atoms with E-state index >= 15 is 0 Å². The van der Waals surface area contributed by atoms with Gasteiger partial charge in [-0.1, -0.05) is 39.0 Å². The lowest BCUT2D eigenvalue weighted by Gasteiger charge is -2.17. The molecular weight excluding hydrogens is 1170 g/mol. The molecule has 0 rings (SSSR count). The zero-order chi connectivity index (χ0) is 55.7. The lowest BCUT2D eigenvalue weighted by molar-refractivity contribution is 0.352. The van der Waals surface area contributed by atoms with Crippen molar-refractivity contribution in [3.05, 3.63) is 0 Å². The third kappa shape index (κ3) is 126. The van der Waals surface area contributed by atoms with E-state index in [4.69, 9.17) is 135 Å².